The molecular formula is C8H15BrO. The summed E-state index contributed by atoms with van der Waals surface area (Å²) in [6.45, 7) is 3.63. The fourth-order valence-electron chi connectivity index (χ4n) is 0.746. The second kappa shape index (κ2) is 7.29. The fraction of sp³-hybridized carbons (Fsp3) is 0.750. The van der Waals surface area contributed by atoms with Crippen molar-refractivity contribution in [1.29, 1.82) is 0 Å². The van der Waals surface area contributed by atoms with Gasteiger partial charge in [0.05, 0.1) is 6.10 Å². The minimum atomic E-state index is -0.162. The number of hydrogen-bond donors (Lipinski definition) is 1. The van der Waals surface area contributed by atoms with Crippen molar-refractivity contribution < 1.29 is 5.11 Å². The highest BCUT2D eigenvalue weighted by atomic mass is 79.9. The standard InChI is InChI=1S/C8H15BrO/c1-2-3-4-5-6-8(10)7-9/h2,8,10H,1,3-7H2. The Morgan fingerprint density at radius 1 is 1.50 bits per heavy atom. The summed E-state index contributed by atoms with van der Waals surface area (Å²) in [5, 5.41) is 9.78. The first-order valence-electron chi connectivity index (χ1n) is 3.66. The van der Waals surface area contributed by atoms with E-state index in [4.69, 9.17) is 5.11 Å². The van der Waals surface area contributed by atoms with Crippen LogP contribution in [0.25, 0.3) is 0 Å². The van der Waals surface area contributed by atoms with Gasteiger partial charge < -0.3 is 5.11 Å². The van der Waals surface area contributed by atoms with Gasteiger partial charge in [-0.2, -0.15) is 0 Å². The average Bonchev–Trinajstić information content (AvgIpc) is 1.98. The molecule has 0 aliphatic carbocycles. The lowest BCUT2D eigenvalue weighted by molar-refractivity contribution is 0.186. The van der Waals surface area contributed by atoms with E-state index in [1.807, 2.05) is 6.08 Å². The Balaban J connectivity index is 2.95. The minimum Gasteiger partial charge on any atom is -0.392 e. The van der Waals surface area contributed by atoms with Crippen LogP contribution in [0.3, 0.4) is 0 Å². The normalized spacial score (nSPS) is 13.0. The number of halogens is 1. The molecule has 60 valence electrons. The van der Waals surface area contributed by atoms with Gasteiger partial charge in [0.2, 0.25) is 0 Å². The number of alkyl halides is 1. The Kier molecular flexibility index (Phi) is 7.42. The van der Waals surface area contributed by atoms with Crippen LogP contribution in [0.2, 0.25) is 0 Å². The lowest BCUT2D eigenvalue weighted by atomic mass is 10.1. The van der Waals surface area contributed by atoms with Crippen LogP contribution in [-0.4, -0.2) is 16.5 Å². The molecule has 1 N–H and O–H groups in total. The van der Waals surface area contributed by atoms with Crippen LogP contribution in [-0.2, 0) is 0 Å². The Hall–Kier alpha value is 0.180. The van der Waals surface area contributed by atoms with Crippen molar-refractivity contribution in [3.8, 4) is 0 Å². The summed E-state index contributed by atoms with van der Waals surface area (Å²) in [6, 6.07) is 0. The Morgan fingerprint density at radius 3 is 2.70 bits per heavy atom. The zero-order valence-electron chi connectivity index (χ0n) is 6.22. The Labute approximate surface area is 71.3 Å². The molecule has 0 bridgehead atoms. The van der Waals surface area contributed by atoms with Gasteiger partial charge in [0, 0.05) is 5.33 Å². The smallest absolute Gasteiger partial charge is 0.0637 e. The molecule has 0 aliphatic rings. The number of unbranched alkanes of at least 4 members (excludes halogenated alkanes) is 2. The van der Waals surface area contributed by atoms with E-state index in [9.17, 15) is 0 Å². The first kappa shape index (κ1) is 10.2. The average molecular weight is 207 g/mol. The van der Waals surface area contributed by atoms with E-state index in [0.717, 1.165) is 25.7 Å². The molecule has 0 rings (SSSR count). The Morgan fingerprint density at radius 2 is 2.20 bits per heavy atom. The van der Waals surface area contributed by atoms with Crippen molar-refractivity contribution in [3.63, 3.8) is 0 Å². The van der Waals surface area contributed by atoms with Crippen LogP contribution in [0.4, 0.5) is 0 Å². The molecule has 0 aromatic carbocycles. The third kappa shape index (κ3) is 6.30. The van der Waals surface area contributed by atoms with Gasteiger partial charge >= 0.3 is 0 Å². The zero-order chi connectivity index (χ0) is 7.82. The minimum absolute atomic E-state index is 0.162. The van der Waals surface area contributed by atoms with Gasteiger partial charge in [-0.1, -0.05) is 28.4 Å². The van der Waals surface area contributed by atoms with E-state index >= 15 is 0 Å². The van der Waals surface area contributed by atoms with E-state index in [1.54, 1.807) is 0 Å². The van der Waals surface area contributed by atoms with E-state index < -0.39 is 0 Å². The Bertz CT molecular complexity index is 83.3. The van der Waals surface area contributed by atoms with Crippen molar-refractivity contribution in [2.45, 2.75) is 31.8 Å². The van der Waals surface area contributed by atoms with E-state index in [2.05, 4.69) is 22.5 Å². The zero-order valence-corrected chi connectivity index (χ0v) is 7.81. The maximum absolute atomic E-state index is 9.08. The highest BCUT2D eigenvalue weighted by Gasteiger charge is 1.98. The summed E-state index contributed by atoms with van der Waals surface area (Å²) in [4.78, 5) is 0. The molecule has 0 saturated carbocycles. The maximum atomic E-state index is 9.08. The van der Waals surface area contributed by atoms with Crippen LogP contribution in [0.15, 0.2) is 12.7 Å². The summed E-state index contributed by atoms with van der Waals surface area (Å²) < 4.78 is 0. The molecular weight excluding hydrogens is 192 g/mol. The van der Waals surface area contributed by atoms with E-state index in [0.29, 0.717) is 5.33 Å². The number of rotatable bonds is 6. The molecule has 1 atom stereocenters. The van der Waals surface area contributed by atoms with Crippen molar-refractivity contribution in [2.24, 2.45) is 0 Å². The van der Waals surface area contributed by atoms with Crippen LogP contribution in [0.1, 0.15) is 25.7 Å². The topological polar surface area (TPSA) is 20.2 Å². The van der Waals surface area contributed by atoms with Crippen LogP contribution < -0.4 is 0 Å². The first-order chi connectivity index (χ1) is 4.81. The predicted molar refractivity (Wildman–Crippen MR) is 48.5 cm³/mol. The number of aliphatic hydroxyl groups excluding tert-OH is 1. The maximum Gasteiger partial charge on any atom is 0.0637 e. The van der Waals surface area contributed by atoms with Gasteiger partial charge in [-0.15, -0.1) is 6.58 Å². The largest absolute Gasteiger partial charge is 0.392 e. The van der Waals surface area contributed by atoms with Gasteiger partial charge in [0.15, 0.2) is 0 Å². The van der Waals surface area contributed by atoms with Gasteiger partial charge in [-0.05, 0) is 19.3 Å². The predicted octanol–water partition coefficient (Wildman–Crippen LogP) is 2.49. The first-order valence-corrected chi connectivity index (χ1v) is 4.78. The molecule has 0 heterocycles. The summed E-state index contributed by atoms with van der Waals surface area (Å²) in [7, 11) is 0. The fourth-order valence-corrected chi connectivity index (χ4v) is 1.07. The monoisotopic (exact) mass is 206 g/mol. The van der Waals surface area contributed by atoms with Crippen LogP contribution in [0, 0.1) is 0 Å². The molecule has 0 aromatic rings. The molecule has 1 unspecified atom stereocenters. The summed E-state index contributed by atoms with van der Waals surface area (Å²) in [5.41, 5.74) is 0. The SMILES string of the molecule is C=CCCCCC(O)CBr. The molecule has 0 spiro atoms. The molecule has 0 amide bonds. The third-order valence-corrected chi connectivity index (χ3v) is 2.12. The van der Waals surface area contributed by atoms with Crippen molar-refractivity contribution in [2.75, 3.05) is 5.33 Å². The van der Waals surface area contributed by atoms with Gasteiger partial charge in [0.25, 0.3) is 0 Å². The molecule has 0 radical (unpaired) electrons. The lowest BCUT2D eigenvalue weighted by Crippen LogP contribution is -2.06. The number of allylic oxidation sites excluding steroid dienone is 1. The molecule has 2 heteroatoms. The van der Waals surface area contributed by atoms with E-state index in [1.165, 1.54) is 0 Å². The molecule has 0 fully saturated rings. The van der Waals surface area contributed by atoms with Crippen LogP contribution in [0.5, 0.6) is 0 Å². The highest BCUT2D eigenvalue weighted by molar-refractivity contribution is 9.09. The quantitative estimate of drug-likeness (QED) is 0.403. The lowest BCUT2D eigenvalue weighted by Gasteiger charge is -2.04. The summed E-state index contributed by atoms with van der Waals surface area (Å²) in [5.74, 6) is 0. The molecule has 10 heavy (non-hydrogen) atoms. The van der Waals surface area contributed by atoms with Gasteiger partial charge in [-0.25, -0.2) is 0 Å². The van der Waals surface area contributed by atoms with Gasteiger partial charge in [-0.3, -0.25) is 0 Å². The van der Waals surface area contributed by atoms with Crippen molar-refractivity contribution in [3.05, 3.63) is 12.7 Å². The second-order valence-corrected chi connectivity index (χ2v) is 3.03. The molecule has 0 aromatic heterocycles. The summed E-state index contributed by atoms with van der Waals surface area (Å²) >= 11 is 3.21. The number of aliphatic hydroxyl groups is 1. The molecule has 1 nitrogen and oxygen atoms in total. The number of hydrogen-bond acceptors (Lipinski definition) is 1. The highest BCUT2D eigenvalue weighted by Crippen LogP contribution is 2.05. The third-order valence-electron chi connectivity index (χ3n) is 1.37. The van der Waals surface area contributed by atoms with Crippen LogP contribution >= 0.6 is 15.9 Å². The van der Waals surface area contributed by atoms with Crippen molar-refractivity contribution in [1.82, 2.24) is 0 Å². The summed E-state index contributed by atoms with van der Waals surface area (Å²) in [6.07, 6.45) is 5.96. The molecule has 0 saturated heterocycles. The molecule has 0 aliphatic heterocycles. The second-order valence-electron chi connectivity index (χ2n) is 2.38. The van der Waals surface area contributed by atoms with Gasteiger partial charge in [0.1, 0.15) is 0 Å². The van der Waals surface area contributed by atoms with E-state index in [-0.39, 0.29) is 6.10 Å². The van der Waals surface area contributed by atoms with Crippen molar-refractivity contribution >= 4 is 15.9 Å².